The highest BCUT2D eigenvalue weighted by atomic mass is 16.6. The third kappa shape index (κ3) is 5.37. The van der Waals surface area contributed by atoms with Crippen LogP contribution in [-0.2, 0) is 11.2 Å². The topological polar surface area (TPSA) is 92.9 Å². The molecule has 0 fully saturated rings. The van der Waals surface area contributed by atoms with Gasteiger partial charge in [0.15, 0.2) is 23.4 Å². The molecule has 0 saturated carbocycles. The van der Waals surface area contributed by atoms with E-state index in [1.807, 2.05) is 27.7 Å². The number of rotatable bonds is 11. The Bertz CT molecular complexity index is 747. The second-order valence-corrected chi connectivity index (χ2v) is 5.95. The molecule has 1 atom stereocenters. The van der Waals surface area contributed by atoms with E-state index in [0.717, 1.165) is 6.42 Å². The Morgan fingerprint density at radius 1 is 1.04 bits per heavy atom. The molecule has 2 aromatic rings. The molecule has 1 heterocycles. The minimum atomic E-state index is -0.678. The molecule has 0 bridgehead atoms. The third-order valence-corrected chi connectivity index (χ3v) is 3.73. The fraction of sp³-hybridized carbons (Fsp3) is 0.550. The van der Waals surface area contributed by atoms with Gasteiger partial charge < -0.3 is 23.5 Å². The van der Waals surface area contributed by atoms with Gasteiger partial charge in [0.05, 0.1) is 25.4 Å². The van der Waals surface area contributed by atoms with Crippen molar-refractivity contribution in [3.63, 3.8) is 0 Å². The maximum atomic E-state index is 12.7. The number of ether oxygens (including phenoxy) is 4. The van der Waals surface area contributed by atoms with Crippen molar-refractivity contribution in [1.82, 2.24) is 10.1 Å². The van der Waals surface area contributed by atoms with Gasteiger partial charge in [0.2, 0.25) is 5.75 Å². The van der Waals surface area contributed by atoms with Crippen LogP contribution in [0.25, 0.3) is 0 Å². The van der Waals surface area contributed by atoms with Gasteiger partial charge in [-0.15, -0.1) is 0 Å². The minimum Gasteiger partial charge on any atom is -0.490 e. The lowest BCUT2D eigenvalue weighted by Crippen LogP contribution is -2.11. The highest BCUT2D eigenvalue weighted by Gasteiger charge is 2.23. The van der Waals surface area contributed by atoms with E-state index < -0.39 is 12.1 Å². The van der Waals surface area contributed by atoms with Crippen LogP contribution >= 0.6 is 0 Å². The lowest BCUT2D eigenvalue weighted by molar-refractivity contribution is 0.0264. The SMILES string of the molecule is CCCc1noc(C(C)OC(=O)c2cc(OCC)c(OCC)c(OCC)c2)n1. The summed E-state index contributed by atoms with van der Waals surface area (Å²) in [4.78, 5) is 16.9. The van der Waals surface area contributed by atoms with Crippen LogP contribution in [-0.4, -0.2) is 35.9 Å². The van der Waals surface area contributed by atoms with Gasteiger partial charge in [0, 0.05) is 6.42 Å². The molecular formula is C20H28N2O6. The molecule has 1 unspecified atom stereocenters. The van der Waals surface area contributed by atoms with Crippen LogP contribution in [0.1, 0.15) is 69.2 Å². The summed E-state index contributed by atoms with van der Waals surface area (Å²) in [6.07, 6.45) is 0.932. The van der Waals surface area contributed by atoms with E-state index in [0.29, 0.717) is 49.3 Å². The molecule has 8 heteroatoms. The molecule has 2 rings (SSSR count). The van der Waals surface area contributed by atoms with E-state index >= 15 is 0 Å². The molecule has 0 aliphatic heterocycles. The van der Waals surface area contributed by atoms with Gasteiger partial charge >= 0.3 is 5.97 Å². The third-order valence-electron chi connectivity index (χ3n) is 3.73. The molecular weight excluding hydrogens is 364 g/mol. The van der Waals surface area contributed by atoms with Crippen molar-refractivity contribution in [2.24, 2.45) is 0 Å². The molecule has 1 aromatic carbocycles. The molecule has 0 aliphatic rings. The van der Waals surface area contributed by atoms with Crippen LogP contribution in [0.3, 0.4) is 0 Å². The molecule has 0 N–H and O–H groups in total. The highest BCUT2D eigenvalue weighted by molar-refractivity contribution is 5.91. The summed E-state index contributed by atoms with van der Waals surface area (Å²) < 4.78 is 27.6. The van der Waals surface area contributed by atoms with Crippen molar-refractivity contribution in [3.05, 3.63) is 29.4 Å². The normalized spacial score (nSPS) is 11.8. The number of nitrogens with zero attached hydrogens (tertiary/aromatic N) is 2. The number of aryl methyl sites for hydroxylation is 1. The molecule has 0 aliphatic carbocycles. The molecule has 154 valence electrons. The minimum absolute atomic E-state index is 0.262. The Morgan fingerprint density at radius 2 is 1.64 bits per heavy atom. The Hall–Kier alpha value is -2.77. The van der Waals surface area contributed by atoms with E-state index in [2.05, 4.69) is 10.1 Å². The number of carbonyl (C=O) groups excluding carboxylic acids is 1. The van der Waals surface area contributed by atoms with E-state index in [1.54, 1.807) is 19.1 Å². The Balaban J connectivity index is 2.24. The van der Waals surface area contributed by atoms with Crippen LogP contribution in [0.5, 0.6) is 17.2 Å². The zero-order valence-electron chi connectivity index (χ0n) is 17.1. The maximum Gasteiger partial charge on any atom is 0.339 e. The highest BCUT2D eigenvalue weighted by Crippen LogP contribution is 2.39. The van der Waals surface area contributed by atoms with E-state index in [9.17, 15) is 4.79 Å². The number of hydrogen-bond donors (Lipinski definition) is 0. The average Bonchev–Trinajstić information content (AvgIpc) is 3.13. The predicted octanol–water partition coefficient (Wildman–Crippen LogP) is 4.14. The van der Waals surface area contributed by atoms with Gasteiger partial charge in [-0.2, -0.15) is 4.98 Å². The van der Waals surface area contributed by atoms with Gasteiger partial charge in [0.25, 0.3) is 5.89 Å². The van der Waals surface area contributed by atoms with Gasteiger partial charge in [-0.1, -0.05) is 12.1 Å². The Labute approximate surface area is 165 Å². The Morgan fingerprint density at radius 3 is 2.18 bits per heavy atom. The summed E-state index contributed by atoms with van der Waals surface area (Å²) in [7, 11) is 0. The summed E-state index contributed by atoms with van der Waals surface area (Å²) in [5.41, 5.74) is 0.288. The van der Waals surface area contributed by atoms with Crippen molar-refractivity contribution >= 4 is 5.97 Å². The van der Waals surface area contributed by atoms with E-state index in [1.165, 1.54) is 0 Å². The molecule has 28 heavy (non-hydrogen) atoms. The number of hydrogen-bond acceptors (Lipinski definition) is 8. The number of aromatic nitrogens is 2. The lowest BCUT2D eigenvalue weighted by Gasteiger charge is -2.17. The molecule has 0 radical (unpaired) electrons. The predicted molar refractivity (Wildman–Crippen MR) is 102 cm³/mol. The smallest absolute Gasteiger partial charge is 0.339 e. The summed E-state index contributed by atoms with van der Waals surface area (Å²) in [5.74, 6) is 1.64. The fourth-order valence-corrected chi connectivity index (χ4v) is 2.54. The van der Waals surface area contributed by atoms with Crippen molar-refractivity contribution in [1.29, 1.82) is 0 Å². The molecule has 0 spiro atoms. The first-order valence-corrected chi connectivity index (χ1v) is 9.63. The standard InChI is InChI=1S/C20H28N2O6/c1-6-10-17-21-19(28-22-17)13(5)27-20(23)14-11-15(24-7-2)18(26-9-4)16(12-14)25-8-3/h11-13H,6-10H2,1-5H3. The van der Waals surface area contributed by atoms with Crippen molar-refractivity contribution in [3.8, 4) is 17.2 Å². The first kappa shape index (κ1) is 21.5. The summed E-state index contributed by atoms with van der Waals surface area (Å²) >= 11 is 0. The second kappa shape index (κ2) is 10.5. The van der Waals surface area contributed by atoms with Crippen molar-refractivity contribution in [2.45, 2.75) is 53.6 Å². The fourth-order valence-electron chi connectivity index (χ4n) is 2.54. The van der Waals surface area contributed by atoms with Gasteiger partial charge in [0.1, 0.15) is 0 Å². The average molecular weight is 392 g/mol. The van der Waals surface area contributed by atoms with Crippen molar-refractivity contribution < 1.29 is 28.3 Å². The molecule has 0 saturated heterocycles. The summed E-state index contributed by atoms with van der Waals surface area (Å²) in [6, 6.07) is 3.17. The number of esters is 1. The largest absolute Gasteiger partial charge is 0.490 e. The van der Waals surface area contributed by atoms with Crippen molar-refractivity contribution in [2.75, 3.05) is 19.8 Å². The van der Waals surface area contributed by atoms with E-state index in [-0.39, 0.29) is 11.5 Å². The zero-order valence-corrected chi connectivity index (χ0v) is 17.1. The Kier molecular flexibility index (Phi) is 8.10. The van der Waals surface area contributed by atoms with Gasteiger partial charge in [-0.25, -0.2) is 4.79 Å². The van der Waals surface area contributed by atoms with Crippen LogP contribution < -0.4 is 14.2 Å². The summed E-state index contributed by atoms with van der Waals surface area (Å²) in [6.45, 7) is 10.6. The number of carbonyl (C=O) groups is 1. The monoisotopic (exact) mass is 392 g/mol. The second-order valence-electron chi connectivity index (χ2n) is 5.95. The van der Waals surface area contributed by atoms with Crippen LogP contribution in [0.4, 0.5) is 0 Å². The molecule has 1 aromatic heterocycles. The van der Waals surface area contributed by atoms with Gasteiger partial charge in [-0.05, 0) is 46.2 Å². The van der Waals surface area contributed by atoms with Gasteiger partial charge in [-0.3, -0.25) is 0 Å². The molecule has 8 nitrogen and oxygen atoms in total. The van der Waals surface area contributed by atoms with Crippen LogP contribution in [0.2, 0.25) is 0 Å². The molecule has 0 amide bonds. The van der Waals surface area contributed by atoms with Crippen LogP contribution in [0.15, 0.2) is 16.7 Å². The van der Waals surface area contributed by atoms with Crippen LogP contribution in [0, 0.1) is 0 Å². The zero-order chi connectivity index (χ0) is 20.5. The van der Waals surface area contributed by atoms with E-state index in [4.69, 9.17) is 23.5 Å². The first-order chi connectivity index (χ1) is 13.5. The number of benzene rings is 1. The maximum absolute atomic E-state index is 12.7. The lowest BCUT2D eigenvalue weighted by atomic mass is 10.1. The first-order valence-electron chi connectivity index (χ1n) is 9.63. The summed E-state index contributed by atoms with van der Waals surface area (Å²) in [5, 5.41) is 3.88. The quantitative estimate of drug-likeness (QED) is 0.527.